The van der Waals surface area contributed by atoms with Gasteiger partial charge in [-0.25, -0.2) is 0 Å². The van der Waals surface area contributed by atoms with Crippen LogP contribution < -0.4 is 0 Å². The van der Waals surface area contributed by atoms with E-state index in [0.717, 1.165) is 12.8 Å². The molecule has 0 amide bonds. The lowest BCUT2D eigenvalue weighted by atomic mass is 9.82. The van der Waals surface area contributed by atoms with Crippen molar-refractivity contribution in [3.05, 3.63) is 101 Å². The van der Waals surface area contributed by atoms with E-state index in [1.165, 1.54) is 76.7 Å². The van der Waals surface area contributed by atoms with E-state index < -0.39 is 0 Å². The van der Waals surface area contributed by atoms with Crippen molar-refractivity contribution < 1.29 is 0 Å². The normalized spacial score (nSPS) is 15.8. The summed E-state index contributed by atoms with van der Waals surface area (Å²) in [6.45, 7) is 4.70. The van der Waals surface area contributed by atoms with E-state index >= 15 is 0 Å². The molecule has 1 aromatic heterocycles. The lowest BCUT2D eigenvalue weighted by Gasteiger charge is -2.21. The fraction of sp³-hybridized carbons (Fsp3) is 0.152. The van der Waals surface area contributed by atoms with Crippen LogP contribution in [0.15, 0.2) is 78.9 Å². The SMILES string of the molecule is CC1(C)c2ccccc2-c2cc3c(cc21)[nH]c1cc2c4c(c5ccccc5c2cc13)CCC=C4. The van der Waals surface area contributed by atoms with Gasteiger partial charge in [-0.05, 0) is 92.0 Å². The van der Waals surface area contributed by atoms with Crippen molar-refractivity contribution in [2.45, 2.75) is 32.1 Å². The number of aryl methyl sites for hydroxylation is 1. The Morgan fingerprint density at radius 3 is 2.32 bits per heavy atom. The monoisotopic (exact) mass is 435 g/mol. The Bertz CT molecular complexity index is 1880. The maximum absolute atomic E-state index is 3.80. The summed E-state index contributed by atoms with van der Waals surface area (Å²) >= 11 is 0. The molecule has 6 aromatic rings. The Morgan fingerprint density at radius 2 is 1.41 bits per heavy atom. The van der Waals surface area contributed by atoms with Crippen LogP contribution in [0.4, 0.5) is 0 Å². The summed E-state index contributed by atoms with van der Waals surface area (Å²) < 4.78 is 0. The molecule has 0 saturated carbocycles. The van der Waals surface area contributed by atoms with Gasteiger partial charge in [0.25, 0.3) is 0 Å². The topological polar surface area (TPSA) is 15.8 Å². The molecule has 0 fully saturated rings. The molecule has 1 heterocycles. The summed E-state index contributed by atoms with van der Waals surface area (Å²) in [6.07, 6.45) is 6.92. The Morgan fingerprint density at radius 1 is 0.647 bits per heavy atom. The van der Waals surface area contributed by atoms with Crippen LogP contribution in [-0.2, 0) is 11.8 Å². The van der Waals surface area contributed by atoms with Crippen LogP contribution in [0, 0.1) is 0 Å². The Hall–Kier alpha value is -3.84. The molecule has 0 atom stereocenters. The zero-order valence-electron chi connectivity index (χ0n) is 19.5. The van der Waals surface area contributed by atoms with E-state index in [1.807, 2.05) is 0 Å². The summed E-state index contributed by atoms with van der Waals surface area (Å²) in [6, 6.07) is 27.5. The number of aromatic amines is 1. The first-order chi connectivity index (χ1) is 16.6. The van der Waals surface area contributed by atoms with E-state index in [4.69, 9.17) is 0 Å². The van der Waals surface area contributed by atoms with Gasteiger partial charge in [-0.3, -0.25) is 0 Å². The molecule has 8 rings (SSSR count). The molecule has 5 aromatic carbocycles. The number of hydrogen-bond acceptors (Lipinski definition) is 0. The van der Waals surface area contributed by atoms with E-state index in [1.54, 1.807) is 0 Å². The molecule has 1 nitrogen and oxygen atoms in total. The summed E-state index contributed by atoms with van der Waals surface area (Å²) in [7, 11) is 0. The molecule has 1 heteroatoms. The molecule has 0 saturated heterocycles. The van der Waals surface area contributed by atoms with E-state index in [2.05, 4.69) is 104 Å². The van der Waals surface area contributed by atoms with Crippen molar-refractivity contribution in [2.24, 2.45) is 0 Å². The molecule has 2 aliphatic rings. The molecular weight excluding hydrogens is 410 g/mol. The number of benzene rings is 5. The highest BCUT2D eigenvalue weighted by Gasteiger charge is 2.35. The van der Waals surface area contributed by atoms with E-state index in [0.29, 0.717) is 0 Å². The van der Waals surface area contributed by atoms with E-state index in [-0.39, 0.29) is 5.41 Å². The third-order valence-corrected chi connectivity index (χ3v) is 8.44. The fourth-order valence-electron chi connectivity index (χ4n) is 6.77. The molecule has 0 spiro atoms. The smallest absolute Gasteiger partial charge is 0.0471 e. The standard InChI is InChI=1S/C33H25N/c1-33(2)29-14-8-7-13-23(29)26-16-28-27-15-24-21-11-5-3-9-19(21)20-10-4-6-12-22(20)25(24)17-31(27)34-32(28)18-30(26)33/h3,5-9,11-18,34H,4,10H2,1-2H3. The second-order valence-electron chi connectivity index (χ2n) is 10.6. The molecule has 162 valence electrons. The van der Waals surface area contributed by atoms with Crippen LogP contribution in [0.3, 0.4) is 0 Å². The molecule has 0 aliphatic heterocycles. The zero-order chi connectivity index (χ0) is 22.6. The van der Waals surface area contributed by atoms with Gasteiger partial charge in [-0.2, -0.15) is 0 Å². The minimum Gasteiger partial charge on any atom is -0.354 e. The first-order valence-corrected chi connectivity index (χ1v) is 12.3. The lowest BCUT2D eigenvalue weighted by Crippen LogP contribution is -2.14. The molecule has 0 radical (unpaired) electrons. The number of nitrogens with one attached hydrogen (secondary N) is 1. The fourth-order valence-corrected chi connectivity index (χ4v) is 6.77. The van der Waals surface area contributed by atoms with Crippen LogP contribution in [0.2, 0.25) is 0 Å². The van der Waals surface area contributed by atoms with Gasteiger partial charge in [0, 0.05) is 27.2 Å². The van der Waals surface area contributed by atoms with E-state index in [9.17, 15) is 0 Å². The number of hydrogen-bond donors (Lipinski definition) is 1. The van der Waals surface area contributed by atoms with Gasteiger partial charge in [-0.15, -0.1) is 0 Å². The number of aromatic nitrogens is 1. The number of fused-ring (bicyclic) bond motifs is 12. The Labute approximate surface area is 198 Å². The summed E-state index contributed by atoms with van der Waals surface area (Å²) in [5, 5.41) is 8.14. The van der Waals surface area contributed by atoms with Crippen LogP contribution in [-0.4, -0.2) is 4.98 Å². The van der Waals surface area contributed by atoms with Crippen molar-refractivity contribution in [2.75, 3.05) is 0 Å². The third-order valence-electron chi connectivity index (χ3n) is 8.44. The Balaban J connectivity index is 1.52. The van der Waals surface area contributed by atoms with Crippen LogP contribution in [0.25, 0.3) is 60.6 Å². The lowest BCUT2D eigenvalue weighted by molar-refractivity contribution is 0.661. The summed E-state index contributed by atoms with van der Waals surface area (Å²) in [5.74, 6) is 0. The van der Waals surface area contributed by atoms with Gasteiger partial charge in [0.05, 0.1) is 0 Å². The zero-order valence-corrected chi connectivity index (χ0v) is 19.5. The number of allylic oxidation sites excluding steroid dienone is 1. The highest BCUT2D eigenvalue weighted by atomic mass is 14.7. The quantitative estimate of drug-likeness (QED) is 0.229. The minimum absolute atomic E-state index is 0.0161. The van der Waals surface area contributed by atoms with Crippen molar-refractivity contribution in [1.29, 1.82) is 0 Å². The highest BCUT2D eigenvalue weighted by molar-refractivity contribution is 6.20. The molecular formula is C33H25N. The van der Waals surface area contributed by atoms with Crippen LogP contribution >= 0.6 is 0 Å². The maximum atomic E-state index is 3.80. The van der Waals surface area contributed by atoms with Crippen molar-refractivity contribution >= 4 is 49.4 Å². The van der Waals surface area contributed by atoms with Gasteiger partial charge in [-0.1, -0.05) is 74.5 Å². The predicted molar refractivity (Wildman–Crippen MR) is 146 cm³/mol. The van der Waals surface area contributed by atoms with Gasteiger partial charge < -0.3 is 4.98 Å². The molecule has 1 N–H and O–H groups in total. The molecule has 0 bridgehead atoms. The summed E-state index contributed by atoms with van der Waals surface area (Å²) in [5.41, 5.74) is 11.0. The van der Waals surface area contributed by atoms with Crippen molar-refractivity contribution in [3.63, 3.8) is 0 Å². The van der Waals surface area contributed by atoms with Gasteiger partial charge in [0.15, 0.2) is 0 Å². The van der Waals surface area contributed by atoms with Crippen LogP contribution in [0.1, 0.15) is 42.5 Å². The van der Waals surface area contributed by atoms with Crippen LogP contribution in [0.5, 0.6) is 0 Å². The van der Waals surface area contributed by atoms with Gasteiger partial charge in [0.2, 0.25) is 0 Å². The second kappa shape index (κ2) is 6.18. The largest absolute Gasteiger partial charge is 0.354 e. The Kier molecular flexibility index (Phi) is 3.38. The predicted octanol–water partition coefficient (Wildman–Crippen LogP) is 8.89. The average Bonchev–Trinajstić information content (AvgIpc) is 3.34. The maximum Gasteiger partial charge on any atom is 0.0471 e. The number of rotatable bonds is 0. The first kappa shape index (κ1) is 18.6. The number of H-pyrrole nitrogens is 1. The second-order valence-corrected chi connectivity index (χ2v) is 10.6. The molecule has 0 unspecified atom stereocenters. The van der Waals surface area contributed by atoms with Gasteiger partial charge in [0.1, 0.15) is 0 Å². The average molecular weight is 436 g/mol. The van der Waals surface area contributed by atoms with Gasteiger partial charge >= 0.3 is 0 Å². The van der Waals surface area contributed by atoms with Crippen molar-refractivity contribution in [1.82, 2.24) is 4.98 Å². The molecule has 2 aliphatic carbocycles. The third kappa shape index (κ3) is 2.20. The van der Waals surface area contributed by atoms with Crippen molar-refractivity contribution in [3.8, 4) is 11.1 Å². The molecule has 34 heavy (non-hydrogen) atoms. The first-order valence-electron chi connectivity index (χ1n) is 12.3. The minimum atomic E-state index is 0.0161. The highest BCUT2D eigenvalue weighted by Crippen LogP contribution is 2.50. The summed E-state index contributed by atoms with van der Waals surface area (Å²) in [4.78, 5) is 3.80.